The Hall–Kier alpha value is -1.09. The van der Waals surface area contributed by atoms with Crippen LogP contribution in [-0.2, 0) is 6.42 Å². The highest BCUT2D eigenvalue weighted by atomic mass is 19.1. The third-order valence-corrected chi connectivity index (χ3v) is 2.66. The molecule has 2 rings (SSSR count). The van der Waals surface area contributed by atoms with E-state index < -0.39 is 0 Å². The van der Waals surface area contributed by atoms with Crippen LogP contribution in [0, 0.1) is 5.82 Å². The quantitative estimate of drug-likeness (QED) is 0.781. The maximum absolute atomic E-state index is 13.4. The van der Waals surface area contributed by atoms with Crippen molar-refractivity contribution in [2.75, 3.05) is 6.54 Å². The molecule has 3 heteroatoms. The summed E-state index contributed by atoms with van der Waals surface area (Å²) in [5, 5.41) is 0. The molecule has 0 bridgehead atoms. The molecule has 1 aromatic carbocycles. The molecular formula is C11H14FNO. The van der Waals surface area contributed by atoms with Crippen LogP contribution in [0.2, 0.25) is 0 Å². The lowest BCUT2D eigenvalue weighted by atomic mass is 9.96. The normalized spacial score (nSPS) is 24.5. The van der Waals surface area contributed by atoms with Gasteiger partial charge in [0, 0.05) is 12.0 Å². The molecule has 1 unspecified atom stereocenters. The van der Waals surface area contributed by atoms with Crippen molar-refractivity contribution in [3.8, 4) is 5.75 Å². The number of rotatable bonds is 2. The number of hydrogen-bond acceptors (Lipinski definition) is 2. The molecule has 0 fully saturated rings. The van der Waals surface area contributed by atoms with E-state index >= 15 is 0 Å². The maximum Gasteiger partial charge on any atom is 0.130 e. The molecule has 1 aliphatic heterocycles. The largest absolute Gasteiger partial charge is 0.487 e. The summed E-state index contributed by atoms with van der Waals surface area (Å²) in [5.74, 6) is 0.490. The van der Waals surface area contributed by atoms with E-state index in [1.165, 1.54) is 6.07 Å². The van der Waals surface area contributed by atoms with E-state index in [9.17, 15) is 4.39 Å². The second-order valence-corrected chi connectivity index (χ2v) is 3.98. The molecule has 0 amide bonds. The minimum atomic E-state index is -0.320. The smallest absolute Gasteiger partial charge is 0.130 e. The molecule has 1 aliphatic rings. The maximum atomic E-state index is 13.4. The first kappa shape index (κ1) is 9.46. The Balaban J connectivity index is 2.29. The summed E-state index contributed by atoms with van der Waals surface area (Å²) in [4.78, 5) is 0. The number of nitrogens with two attached hydrogens (primary N) is 1. The van der Waals surface area contributed by atoms with Gasteiger partial charge in [-0.05, 0) is 32.0 Å². The Labute approximate surface area is 82.9 Å². The average molecular weight is 195 g/mol. The van der Waals surface area contributed by atoms with Gasteiger partial charge in [-0.3, -0.25) is 0 Å². The fourth-order valence-electron chi connectivity index (χ4n) is 1.93. The molecule has 0 aromatic heterocycles. The second-order valence-electron chi connectivity index (χ2n) is 3.98. The van der Waals surface area contributed by atoms with Gasteiger partial charge in [-0.15, -0.1) is 0 Å². The highest BCUT2D eigenvalue weighted by Crippen LogP contribution is 2.37. The molecule has 2 nitrogen and oxygen atoms in total. The molecule has 0 spiro atoms. The van der Waals surface area contributed by atoms with Crippen molar-refractivity contribution in [1.29, 1.82) is 0 Å². The molecule has 0 saturated heterocycles. The van der Waals surface area contributed by atoms with Crippen LogP contribution in [0.15, 0.2) is 18.2 Å². The summed E-state index contributed by atoms with van der Waals surface area (Å²) in [6.45, 7) is 2.53. The second kappa shape index (κ2) is 3.24. The van der Waals surface area contributed by atoms with E-state index in [0.29, 0.717) is 24.3 Å². The number of benzene rings is 1. The average Bonchev–Trinajstić information content (AvgIpc) is 2.44. The standard InChI is InChI=1S/C11H14FNO/c1-11(5-6-13)7-8-9(12)3-2-4-10(8)14-11/h2-4H,5-7,13H2,1H3. The fourth-order valence-corrected chi connectivity index (χ4v) is 1.93. The van der Waals surface area contributed by atoms with Crippen LogP contribution in [0.5, 0.6) is 5.75 Å². The zero-order valence-corrected chi connectivity index (χ0v) is 8.22. The van der Waals surface area contributed by atoms with Gasteiger partial charge in [0.15, 0.2) is 0 Å². The van der Waals surface area contributed by atoms with Gasteiger partial charge in [0.2, 0.25) is 0 Å². The van der Waals surface area contributed by atoms with Crippen LogP contribution in [-0.4, -0.2) is 12.1 Å². The van der Waals surface area contributed by atoms with E-state index in [2.05, 4.69) is 0 Å². The summed E-state index contributed by atoms with van der Waals surface area (Å²) in [6, 6.07) is 4.94. The predicted molar refractivity (Wildman–Crippen MR) is 52.8 cm³/mol. The van der Waals surface area contributed by atoms with Crippen molar-refractivity contribution in [2.45, 2.75) is 25.4 Å². The van der Waals surface area contributed by atoms with Crippen molar-refractivity contribution in [3.05, 3.63) is 29.6 Å². The molecular weight excluding hydrogens is 181 g/mol. The summed E-state index contributed by atoms with van der Waals surface area (Å²) < 4.78 is 19.1. The topological polar surface area (TPSA) is 35.2 Å². The molecule has 14 heavy (non-hydrogen) atoms. The van der Waals surface area contributed by atoms with E-state index in [-0.39, 0.29) is 11.4 Å². The fraction of sp³-hybridized carbons (Fsp3) is 0.455. The molecule has 1 aromatic rings. The van der Waals surface area contributed by atoms with Crippen molar-refractivity contribution < 1.29 is 9.13 Å². The first-order valence-electron chi connectivity index (χ1n) is 4.81. The molecule has 1 atom stereocenters. The Morgan fingerprint density at radius 3 is 3.00 bits per heavy atom. The summed E-state index contributed by atoms with van der Waals surface area (Å²) >= 11 is 0. The molecule has 2 N–H and O–H groups in total. The zero-order valence-electron chi connectivity index (χ0n) is 8.22. The Morgan fingerprint density at radius 2 is 2.36 bits per heavy atom. The van der Waals surface area contributed by atoms with Gasteiger partial charge >= 0.3 is 0 Å². The number of ether oxygens (including phenoxy) is 1. The molecule has 0 saturated carbocycles. The lowest BCUT2D eigenvalue weighted by Gasteiger charge is -2.22. The van der Waals surface area contributed by atoms with E-state index in [4.69, 9.17) is 10.5 Å². The van der Waals surface area contributed by atoms with Crippen LogP contribution in [0.25, 0.3) is 0 Å². The van der Waals surface area contributed by atoms with Gasteiger partial charge in [-0.1, -0.05) is 6.07 Å². The summed E-state index contributed by atoms with van der Waals surface area (Å²) in [7, 11) is 0. The van der Waals surface area contributed by atoms with Crippen LogP contribution in [0.4, 0.5) is 4.39 Å². The van der Waals surface area contributed by atoms with Crippen molar-refractivity contribution in [2.24, 2.45) is 5.73 Å². The first-order chi connectivity index (χ1) is 6.64. The van der Waals surface area contributed by atoms with E-state index in [1.807, 2.05) is 6.92 Å². The Bertz CT molecular complexity index is 353. The summed E-state index contributed by atoms with van der Waals surface area (Å²) in [6.07, 6.45) is 1.37. The molecule has 76 valence electrons. The highest BCUT2D eigenvalue weighted by Gasteiger charge is 2.35. The third-order valence-electron chi connectivity index (χ3n) is 2.66. The lowest BCUT2D eigenvalue weighted by Crippen LogP contribution is -2.32. The van der Waals surface area contributed by atoms with Crippen molar-refractivity contribution in [3.63, 3.8) is 0 Å². The lowest BCUT2D eigenvalue weighted by molar-refractivity contribution is 0.108. The van der Waals surface area contributed by atoms with Gasteiger partial charge in [0.1, 0.15) is 17.2 Å². The van der Waals surface area contributed by atoms with E-state index in [0.717, 1.165) is 6.42 Å². The van der Waals surface area contributed by atoms with Gasteiger partial charge in [-0.25, -0.2) is 4.39 Å². The SMILES string of the molecule is CC1(CCN)Cc2c(F)cccc2O1. The van der Waals surface area contributed by atoms with Crippen molar-refractivity contribution in [1.82, 2.24) is 0 Å². The zero-order chi connectivity index (χ0) is 10.2. The highest BCUT2D eigenvalue weighted by molar-refractivity contribution is 5.40. The van der Waals surface area contributed by atoms with E-state index in [1.54, 1.807) is 12.1 Å². The van der Waals surface area contributed by atoms with Gasteiger partial charge < -0.3 is 10.5 Å². The van der Waals surface area contributed by atoms with Crippen LogP contribution >= 0.6 is 0 Å². The predicted octanol–water partition coefficient (Wildman–Crippen LogP) is 1.87. The molecule has 0 aliphatic carbocycles. The Kier molecular flexibility index (Phi) is 2.19. The van der Waals surface area contributed by atoms with Gasteiger partial charge in [-0.2, -0.15) is 0 Å². The Morgan fingerprint density at radius 1 is 1.57 bits per heavy atom. The molecule has 1 heterocycles. The van der Waals surface area contributed by atoms with Crippen LogP contribution in [0.3, 0.4) is 0 Å². The minimum Gasteiger partial charge on any atom is -0.487 e. The molecule has 0 radical (unpaired) electrons. The number of fused-ring (bicyclic) bond motifs is 1. The first-order valence-corrected chi connectivity index (χ1v) is 4.81. The van der Waals surface area contributed by atoms with Gasteiger partial charge in [0.25, 0.3) is 0 Å². The number of hydrogen-bond donors (Lipinski definition) is 1. The monoisotopic (exact) mass is 195 g/mol. The van der Waals surface area contributed by atoms with Crippen LogP contribution in [0.1, 0.15) is 18.9 Å². The van der Waals surface area contributed by atoms with Crippen LogP contribution < -0.4 is 10.5 Å². The minimum absolute atomic E-state index is 0.178. The number of halogens is 1. The summed E-state index contributed by atoms with van der Waals surface area (Å²) in [5.41, 5.74) is 5.86. The van der Waals surface area contributed by atoms with Gasteiger partial charge in [0.05, 0.1) is 0 Å². The van der Waals surface area contributed by atoms with Crippen molar-refractivity contribution >= 4 is 0 Å². The third kappa shape index (κ3) is 1.48.